The molecule has 1 aliphatic rings. The minimum Gasteiger partial charge on any atom is -0.293 e. The van der Waals surface area contributed by atoms with Crippen molar-refractivity contribution in [3.05, 3.63) is 48.3 Å². The van der Waals surface area contributed by atoms with Crippen LogP contribution in [0.3, 0.4) is 0 Å². The van der Waals surface area contributed by atoms with Gasteiger partial charge in [0.2, 0.25) is 0 Å². The first kappa shape index (κ1) is 15.5. The summed E-state index contributed by atoms with van der Waals surface area (Å²) in [6.45, 7) is 0.520. The Morgan fingerprint density at radius 3 is 2.65 bits per heavy atom. The summed E-state index contributed by atoms with van der Waals surface area (Å²) in [7, 11) is 0. The van der Waals surface area contributed by atoms with Crippen molar-refractivity contribution >= 4 is 0 Å². The van der Waals surface area contributed by atoms with E-state index in [2.05, 4.69) is 9.97 Å². The Balaban J connectivity index is 1.67. The van der Waals surface area contributed by atoms with Crippen molar-refractivity contribution in [1.82, 2.24) is 14.9 Å². The number of aromatic nitrogens is 2. The van der Waals surface area contributed by atoms with Crippen LogP contribution >= 0.6 is 0 Å². The highest BCUT2D eigenvalue weighted by atomic mass is 19.3. The molecule has 0 saturated carbocycles. The Morgan fingerprint density at radius 2 is 2.04 bits per heavy atom. The summed E-state index contributed by atoms with van der Waals surface area (Å²) in [5, 5.41) is 8.78. The molecule has 0 aromatic carbocycles. The van der Waals surface area contributed by atoms with Gasteiger partial charge in [0.1, 0.15) is 5.92 Å². The quantitative estimate of drug-likeness (QED) is 0.873. The summed E-state index contributed by atoms with van der Waals surface area (Å²) in [5.41, 5.74) is 2.40. The van der Waals surface area contributed by atoms with E-state index in [1.807, 2.05) is 30.3 Å². The Morgan fingerprint density at radius 1 is 1.22 bits per heavy atom. The maximum absolute atomic E-state index is 13.8. The number of alkyl halides is 2. The third-order valence-electron chi connectivity index (χ3n) is 3.99. The molecule has 1 aliphatic heterocycles. The fourth-order valence-corrected chi connectivity index (χ4v) is 2.75. The molecule has 0 radical (unpaired) electrons. The van der Waals surface area contributed by atoms with Crippen molar-refractivity contribution in [3.63, 3.8) is 0 Å². The molecule has 3 heterocycles. The number of pyridine rings is 2. The van der Waals surface area contributed by atoms with Crippen molar-refractivity contribution in [2.75, 3.05) is 13.1 Å². The number of nitriles is 1. The van der Waals surface area contributed by atoms with Crippen LogP contribution in [0, 0.1) is 17.2 Å². The van der Waals surface area contributed by atoms with Crippen molar-refractivity contribution in [1.29, 1.82) is 5.26 Å². The lowest BCUT2D eigenvalue weighted by molar-refractivity contribution is -0.0938. The molecule has 0 N–H and O–H groups in total. The summed E-state index contributed by atoms with van der Waals surface area (Å²) in [6, 6.07) is 11.0. The average molecular weight is 314 g/mol. The summed E-state index contributed by atoms with van der Waals surface area (Å²) >= 11 is 0. The van der Waals surface area contributed by atoms with Crippen molar-refractivity contribution in [3.8, 4) is 17.5 Å². The van der Waals surface area contributed by atoms with E-state index < -0.39 is 11.8 Å². The molecule has 4 nitrogen and oxygen atoms in total. The van der Waals surface area contributed by atoms with Crippen LogP contribution in [0.2, 0.25) is 0 Å². The van der Waals surface area contributed by atoms with Crippen molar-refractivity contribution < 1.29 is 8.78 Å². The van der Waals surface area contributed by atoms with Gasteiger partial charge in [-0.1, -0.05) is 12.1 Å². The molecular weight excluding hydrogens is 298 g/mol. The van der Waals surface area contributed by atoms with Gasteiger partial charge < -0.3 is 0 Å². The van der Waals surface area contributed by atoms with Gasteiger partial charge in [-0.05, 0) is 30.2 Å². The molecule has 2 aromatic rings. The Kier molecular flexibility index (Phi) is 4.30. The summed E-state index contributed by atoms with van der Waals surface area (Å²) in [5.74, 6) is -4.13. The fraction of sp³-hybridized carbons (Fsp3) is 0.353. The number of rotatable bonds is 3. The first-order chi connectivity index (χ1) is 11.1. The van der Waals surface area contributed by atoms with Crippen LogP contribution in [0.1, 0.15) is 12.0 Å². The SMILES string of the molecule is N#C[C@@H]1CCN(Cc2ccc(-c3ccccn3)nc2)CC1(F)F. The highest BCUT2D eigenvalue weighted by Gasteiger charge is 2.44. The van der Waals surface area contributed by atoms with Crippen molar-refractivity contribution in [2.24, 2.45) is 5.92 Å². The molecule has 1 fully saturated rings. The van der Waals surface area contributed by atoms with Gasteiger partial charge in [0.15, 0.2) is 0 Å². The van der Waals surface area contributed by atoms with Gasteiger partial charge >= 0.3 is 0 Å². The molecule has 6 heteroatoms. The average Bonchev–Trinajstić information content (AvgIpc) is 2.56. The number of halogens is 2. The van der Waals surface area contributed by atoms with E-state index in [-0.39, 0.29) is 13.0 Å². The zero-order valence-corrected chi connectivity index (χ0v) is 12.5. The first-order valence-corrected chi connectivity index (χ1v) is 7.44. The Hall–Kier alpha value is -2.39. The van der Waals surface area contributed by atoms with Gasteiger partial charge in [-0.2, -0.15) is 5.26 Å². The first-order valence-electron chi connectivity index (χ1n) is 7.44. The molecule has 1 saturated heterocycles. The van der Waals surface area contributed by atoms with E-state index in [1.165, 1.54) is 0 Å². The van der Waals surface area contributed by atoms with Gasteiger partial charge in [0, 0.05) is 25.5 Å². The molecule has 0 unspecified atom stereocenters. The van der Waals surface area contributed by atoms with E-state index in [1.54, 1.807) is 23.4 Å². The molecule has 2 aromatic heterocycles. The number of hydrogen-bond acceptors (Lipinski definition) is 4. The second kappa shape index (κ2) is 6.39. The summed E-state index contributed by atoms with van der Waals surface area (Å²) in [6.07, 6.45) is 3.59. The van der Waals surface area contributed by atoms with Crippen LogP contribution in [-0.2, 0) is 6.54 Å². The molecular formula is C17H16F2N4. The second-order valence-corrected chi connectivity index (χ2v) is 5.71. The smallest absolute Gasteiger partial charge is 0.276 e. The van der Waals surface area contributed by atoms with Crippen LogP contribution in [-0.4, -0.2) is 33.9 Å². The molecule has 0 amide bonds. The lowest BCUT2D eigenvalue weighted by atomic mass is 9.94. The lowest BCUT2D eigenvalue weighted by Crippen LogP contribution is -2.47. The molecule has 23 heavy (non-hydrogen) atoms. The van der Waals surface area contributed by atoms with Gasteiger partial charge in [0.25, 0.3) is 5.92 Å². The van der Waals surface area contributed by atoms with Crippen LogP contribution in [0.4, 0.5) is 8.78 Å². The molecule has 1 atom stereocenters. The summed E-state index contributed by atoms with van der Waals surface area (Å²) in [4.78, 5) is 10.3. The normalized spacial score (nSPS) is 20.8. The van der Waals surface area contributed by atoms with Gasteiger partial charge in [-0.15, -0.1) is 0 Å². The number of piperidine rings is 1. The molecule has 3 rings (SSSR count). The standard InChI is InChI=1S/C17H16F2N4/c18-17(19)12-23(8-6-14(17)9-20)11-13-4-5-16(22-10-13)15-3-1-2-7-21-15/h1-5,7,10,14H,6,8,11-12H2/t14-/m0/s1. The molecule has 118 valence electrons. The summed E-state index contributed by atoms with van der Waals surface area (Å²) < 4.78 is 27.6. The predicted octanol–water partition coefficient (Wildman–Crippen LogP) is 3.12. The van der Waals surface area contributed by atoms with Gasteiger partial charge in [-0.3, -0.25) is 14.9 Å². The lowest BCUT2D eigenvalue weighted by Gasteiger charge is -2.35. The largest absolute Gasteiger partial charge is 0.293 e. The van der Waals surface area contributed by atoms with Crippen LogP contribution in [0.5, 0.6) is 0 Å². The third-order valence-corrected chi connectivity index (χ3v) is 3.99. The van der Waals surface area contributed by atoms with Crippen molar-refractivity contribution in [2.45, 2.75) is 18.9 Å². The maximum Gasteiger partial charge on any atom is 0.276 e. The van der Waals surface area contributed by atoms with Gasteiger partial charge in [-0.25, -0.2) is 8.78 Å². The van der Waals surface area contributed by atoms with Crippen LogP contribution in [0.25, 0.3) is 11.4 Å². The predicted molar refractivity (Wildman–Crippen MR) is 81.4 cm³/mol. The van der Waals surface area contributed by atoms with E-state index >= 15 is 0 Å². The topological polar surface area (TPSA) is 52.8 Å². The van der Waals surface area contributed by atoms with Gasteiger partial charge in [0.05, 0.1) is 24.0 Å². The monoisotopic (exact) mass is 314 g/mol. The van der Waals surface area contributed by atoms with E-state index in [4.69, 9.17) is 5.26 Å². The molecule has 0 aliphatic carbocycles. The maximum atomic E-state index is 13.8. The number of nitrogens with zero attached hydrogens (tertiary/aromatic N) is 4. The Bertz CT molecular complexity index is 695. The molecule has 0 spiro atoms. The molecule has 0 bridgehead atoms. The highest BCUT2D eigenvalue weighted by molar-refractivity contribution is 5.53. The zero-order chi connectivity index (χ0) is 16.3. The highest BCUT2D eigenvalue weighted by Crippen LogP contribution is 2.32. The zero-order valence-electron chi connectivity index (χ0n) is 12.5. The second-order valence-electron chi connectivity index (χ2n) is 5.71. The number of likely N-dealkylation sites (tertiary alicyclic amines) is 1. The Labute approximate surface area is 133 Å². The number of hydrogen-bond donors (Lipinski definition) is 0. The minimum absolute atomic E-state index is 0.197. The van der Waals surface area contributed by atoms with E-state index in [0.29, 0.717) is 13.1 Å². The van der Waals surface area contributed by atoms with Crippen LogP contribution < -0.4 is 0 Å². The van der Waals surface area contributed by atoms with E-state index in [9.17, 15) is 8.78 Å². The van der Waals surface area contributed by atoms with Crippen LogP contribution in [0.15, 0.2) is 42.7 Å². The fourth-order valence-electron chi connectivity index (χ4n) is 2.75. The minimum atomic E-state index is -2.95. The van der Waals surface area contributed by atoms with E-state index in [0.717, 1.165) is 17.0 Å². The third kappa shape index (κ3) is 3.51.